The SMILES string of the molecule is CNCC[C@@H](Oc1ccc(OC(C)=O)cc1C)c1ccccc1. The van der Waals surface area contributed by atoms with E-state index in [9.17, 15) is 4.79 Å². The Morgan fingerprint density at radius 2 is 1.91 bits per heavy atom. The molecule has 0 radical (unpaired) electrons. The van der Waals surface area contributed by atoms with Gasteiger partial charge in [-0.1, -0.05) is 30.3 Å². The number of ether oxygens (including phenoxy) is 2. The van der Waals surface area contributed by atoms with Crippen molar-refractivity contribution in [3.05, 3.63) is 59.7 Å². The molecule has 0 amide bonds. The van der Waals surface area contributed by atoms with Crippen molar-refractivity contribution in [2.45, 2.75) is 26.4 Å². The third-order valence-corrected chi connectivity index (χ3v) is 3.51. The molecule has 0 aliphatic carbocycles. The van der Waals surface area contributed by atoms with Crippen LogP contribution in [0, 0.1) is 6.92 Å². The van der Waals surface area contributed by atoms with Crippen LogP contribution in [0.3, 0.4) is 0 Å². The maximum atomic E-state index is 11.0. The van der Waals surface area contributed by atoms with E-state index in [1.165, 1.54) is 6.92 Å². The minimum atomic E-state index is -0.325. The highest BCUT2D eigenvalue weighted by molar-refractivity contribution is 5.69. The molecule has 4 nitrogen and oxygen atoms in total. The number of aryl methyl sites for hydroxylation is 1. The number of carbonyl (C=O) groups is 1. The number of benzene rings is 2. The van der Waals surface area contributed by atoms with Gasteiger partial charge >= 0.3 is 5.97 Å². The third kappa shape index (κ3) is 5.11. The summed E-state index contributed by atoms with van der Waals surface area (Å²) in [5, 5.41) is 3.16. The molecule has 2 aromatic carbocycles. The second kappa shape index (κ2) is 8.34. The van der Waals surface area contributed by atoms with Gasteiger partial charge in [-0.3, -0.25) is 4.79 Å². The van der Waals surface area contributed by atoms with Gasteiger partial charge in [-0.25, -0.2) is 0 Å². The normalized spacial score (nSPS) is 11.8. The molecular formula is C19H23NO3. The van der Waals surface area contributed by atoms with Gasteiger partial charge in [0.25, 0.3) is 0 Å². The molecule has 0 spiro atoms. The average Bonchev–Trinajstić information content (AvgIpc) is 2.53. The van der Waals surface area contributed by atoms with Crippen LogP contribution in [-0.4, -0.2) is 19.6 Å². The van der Waals surface area contributed by atoms with Crippen molar-refractivity contribution in [2.75, 3.05) is 13.6 Å². The first kappa shape index (κ1) is 17.0. The van der Waals surface area contributed by atoms with E-state index < -0.39 is 0 Å². The zero-order valence-electron chi connectivity index (χ0n) is 13.8. The quantitative estimate of drug-likeness (QED) is 0.626. The number of rotatable bonds is 7. The standard InChI is InChI=1S/C19H23NO3/c1-14-13-17(22-15(2)21)9-10-18(14)23-19(11-12-20-3)16-7-5-4-6-8-16/h4-10,13,19-20H,11-12H2,1-3H3/t19-/m1/s1. The van der Waals surface area contributed by atoms with Crippen LogP contribution >= 0.6 is 0 Å². The predicted molar refractivity (Wildman–Crippen MR) is 90.8 cm³/mol. The Hall–Kier alpha value is -2.33. The van der Waals surface area contributed by atoms with Crippen LogP contribution in [0.4, 0.5) is 0 Å². The lowest BCUT2D eigenvalue weighted by atomic mass is 10.1. The van der Waals surface area contributed by atoms with Gasteiger partial charge in [0, 0.05) is 13.3 Å². The zero-order valence-corrected chi connectivity index (χ0v) is 13.8. The lowest BCUT2D eigenvalue weighted by molar-refractivity contribution is -0.131. The Labute approximate surface area is 137 Å². The summed E-state index contributed by atoms with van der Waals surface area (Å²) in [6, 6.07) is 15.6. The highest BCUT2D eigenvalue weighted by Crippen LogP contribution is 2.29. The first-order valence-corrected chi connectivity index (χ1v) is 7.75. The van der Waals surface area contributed by atoms with Crippen molar-refractivity contribution >= 4 is 5.97 Å². The highest BCUT2D eigenvalue weighted by atomic mass is 16.5. The Morgan fingerprint density at radius 1 is 1.17 bits per heavy atom. The fraction of sp³-hybridized carbons (Fsp3) is 0.316. The first-order chi connectivity index (χ1) is 11.1. The number of hydrogen-bond donors (Lipinski definition) is 1. The Bertz CT molecular complexity index is 640. The molecule has 1 N–H and O–H groups in total. The van der Waals surface area contributed by atoms with Gasteiger partial charge in [-0.05, 0) is 49.8 Å². The number of esters is 1. The second-order valence-electron chi connectivity index (χ2n) is 5.43. The molecule has 0 unspecified atom stereocenters. The first-order valence-electron chi connectivity index (χ1n) is 7.75. The summed E-state index contributed by atoms with van der Waals surface area (Å²) < 4.78 is 11.3. The van der Waals surface area contributed by atoms with E-state index in [2.05, 4.69) is 17.4 Å². The van der Waals surface area contributed by atoms with Crippen LogP contribution in [-0.2, 0) is 4.79 Å². The van der Waals surface area contributed by atoms with Gasteiger partial charge in [0.15, 0.2) is 0 Å². The van der Waals surface area contributed by atoms with E-state index in [-0.39, 0.29) is 12.1 Å². The monoisotopic (exact) mass is 313 g/mol. The Kier molecular flexibility index (Phi) is 6.18. The van der Waals surface area contributed by atoms with Gasteiger partial charge in [-0.15, -0.1) is 0 Å². The molecule has 0 saturated carbocycles. The molecule has 0 bridgehead atoms. The fourth-order valence-corrected chi connectivity index (χ4v) is 2.37. The molecular weight excluding hydrogens is 290 g/mol. The van der Waals surface area contributed by atoms with E-state index in [4.69, 9.17) is 9.47 Å². The molecule has 0 saturated heterocycles. The molecule has 4 heteroatoms. The summed E-state index contributed by atoms with van der Waals surface area (Å²) in [5.41, 5.74) is 2.08. The molecule has 122 valence electrons. The summed E-state index contributed by atoms with van der Waals surface area (Å²) in [6.45, 7) is 4.20. The Balaban J connectivity index is 2.17. The maximum Gasteiger partial charge on any atom is 0.308 e. The van der Waals surface area contributed by atoms with E-state index in [0.717, 1.165) is 29.8 Å². The molecule has 0 aliphatic rings. The van der Waals surface area contributed by atoms with Crippen LogP contribution in [0.5, 0.6) is 11.5 Å². The van der Waals surface area contributed by atoms with E-state index in [1.54, 1.807) is 6.07 Å². The maximum absolute atomic E-state index is 11.0. The molecule has 1 atom stereocenters. The van der Waals surface area contributed by atoms with Crippen molar-refractivity contribution in [1.29, 1.82) is 0 Å². The van der Waals surface area contributed by atoms with Crippen LogP contribution in [0.25, 0.3) is 0 Å². The van der Waals surface area contributed by atoms with Crippen LogP contribution < -0.4 is 14.8 Å². The smallest absolute Gasteiger partial charge is 0.308 e. The fourth-order valence-electron chi connectivity index (χ4n) is 2.37. The van der Waals surface area contributed by atoms with E-state index in [0.29, 0.717) is 5.75 Å². The van der Waals surface area contributed by atoms with Crippen LogP contribution in [0.2, 0.25) is 0 Å². The summed E-state index contributed by atoms with van der Waals surface area (Å²) >= 11 is 0. The number of carbonyl (C=O) groups excluding carboxylic acids is 1. The summed E-state index contributed by atoms with van der Waals surface area (Å²) in [4.78, 5) is 11.0. The zero-order chi connectivity index (χ0) is 16.7. The van der Waals surface area contributed by atoms with Gasteiger partial charge < -0.3 is 14.8 Å². The topological polar surface area (TPSA) is 47.6 Å². The van der Waals surface area contributed by atoms with Gasteiger partial charge in [0.2, 0.25) is 0 Å². The lowest BCUT2D eigenvalue weighted by Crippen LogP contribution is -2.16. The summed E-state index contributed by atoms with van der Waals surface area (Å²) in [5.74, 6) is 1.01. The second-order valence-corrected chi connectivity index (χ2v) is 5.43. The van der Waals surface area contributed by atoms with E-state index >= 15 is 0 Å². The largest absolute Gasteiger partial charge is 0.485 e. The molecule has 2 rings (SSSR count). The van der Waals surface area contributed by atoms with Crippen LogP contribution in [0.15, 0.2) is 48.5 Å². The minimum absolute atomic E-state index is 0.0260. The van der Waals surface area contributed by atoms with Crippen molar-refractivity contribution < 1.29 is 14.3 Å². The molecule has 0 aromatic heterocycles. The van der Waals surface area contributed by atoms with Gasteiger partial charge in [0.1, 0.15) is 17.6 Å². The number of hydrogen-bond acceptors (Lipinski definition) is 4. The lowest BCUT2D eigenvalue weighted by Gasteiger charge is -2.21. The van der Waals surface area contributed by atoms with Crippen LogP contribution in [0.1, 0.15) is 30.6 Å². The van der Waals surface area contributed by atoms with Crippen molar-refractivity contribution in [2.24, 2.45) is 0 Å². The van der Waals surface area contributed by atoms with Gasteiger partial charge in [-0.2, -0.15) is 0 Å². The Morgan fingerprint density at radius 3 is 2.52 bits per heavy atom. The predicted octanol–water partition coefficient (Wildman–Crippen LogP) is 3.65. The summed E-state index contributed by atoms with van der Waals surface area (Å²) in [7, 11) is 1.93. The molecule has 0 aliphatic heterocycles. The highest BCUT2D eigenvalue weighted by Gasteiger charge is 2.14. The molecule has 23 heavy (non-hydrogen) atoms. The third-order valence-electron chi connectivity index (χ3n) is 3.51. The molecule has 0 fully saturated rings. The van der Waals surface area contributed by atoms with Gasteiger partial charge in [0.05, 0.1) is 0 Å². The minimum Gasteiger partial charge on any atom is -0.485 e. The van der Waals surface area contributed by atoms with Crippen molar-refractivity contribution in [3.8, 4) is 11.5 Å². The number of nitrogens with one attached hydrogen (secondary N) is 1. The van der Waals surface area contributed by atoms with E-state index in [1.807, 2.05) is 44.3 Å². The molecule has 2 aromatic rings. The summed E-state index contributed by atoms with van der Waals surface area (Å²) in [6.07, 6.45) is 0.841. The van der Waals surface area contributed by atoms with Crippen molar-refractivity contribution in [1.82, 2.24) is 5.32 Å². The molecule has 0 heterocycles. The van der Waals surface area contributed by atoms with Crippen molar-refractivity contribution in [3.63, 3.8) is 0 Å². The average molecular weight is 313 g/mol.